The molecule has 1 aliphatic rings. The molecule has 0 aromatic heterocycles. The molecule has 2 rings (SSSR count). The van der Waals surface area contributed by atoms with Crippen LogP contribution in [0.4, 0.5) is 18.9 Å². The molecule has 0 radical (unpaired) electrons. The van der Waals surface area contributed by atoms with E-state index in [0.29, 0.717) is 17.0 Å². The van der Waals surface area contributed by atoms with E-state index in [1.54, 1.807) is 19.2 Å². The second-order valence-corrected chi connectivity index (χ2v) is 7.73. The third-order valence-corrected chi connectivity index (χ3v) is 5.16. The van der Waals surface area contributed by atoms with Crippen LogP contribution in [0.1, 0.15) is 37.3 Å². The number of rotatable bonds is 7. The molecule has 3 nitrogen and oxygen atoms in total. The van der Waals surface area contributed by atoms with Crippen LogP contribution in [0.2, 0.25) is 0 Å². The number of benzene rings is 1. The van der Waals surface area contributed by atoms with Gasteiger partial charge in [-0.05, 0) is 37.1 Å². The Morgan fingerprint density at radius 2 is 2.03 bits per heavy atom. The van der Waals surface area contributed by atoms with Crippen molar-refractivity contribution in [3.8, 4) is 0 Å². The zero-order chi connectivity index (χ0) is 21.8. The zero-order valence-corrected chi connectivity index (χ0v) is 18.0. The predicted octanol–water partition coefficient (Wildman–Crippen LogP) is 7.06. The highest BCUT2D eigenvalue weighted by atomic mass is 35.5. The second-order valence-electron chi connectivity index (χ2n) is 6.81. The van der Waals surface area contributed by atoms with Gasteiger partial charge >= 0.3 is 6.18 Å². The summed E-state index contributed by atoms with van der Waals surface area (Å²) >= 11 is 12.1. The smallest absolute Gasteiger partial charge is 0.388 e. The van der Waals surface area contributed by atoms with Crippen molar-refractivity contribution in [2.75, 3.05) is 12.4 Å². The number of oxime groups is 1. The van der Waals surface area contributed by atoms with Crippen molar-refractivity contribution in [2.45, 2.75) is 44.9 Å². The molecule has 0 bridgehead atoms. The Balaban J connectivity index is 2.35. The predicted molar refractivity (Wildman–Crippen MR) is 114 cm³/mol. The van der Waals surface area contributed by atoms with E-state index in [1.165, 1.54) is 6.08 Å². The summed E-state index contributed by atoms with van der Waals surface area (Å²) in [6.45, 7) is 7.41. The first-order chi connectivity index (χ1) is 13.5. The maximum Gasteiger partial charge on any atom is 0.435 e. The van der Waals surface area contributed by atoms with E-state index in [9.17, 15) is 13.2 Å². The van der Waals surface area contributed by atoms with Gasteiger partial charge in [-0.15, -0.1) is 0 Å². The second kappa shape index (κ2) is 9.26. The van der Waals surface area contributed by atoms with E-state index in [4.69, 9.17) is 28.0 Å². The summed E-state index contributed by atoms with van der Waals surface area (Å²) in [6, 6.07) is 5.26. The van der Waals surface area contributed by atoms with Crippen molar-refractivity contribution in [1.82, 2.24) is 0 Å². The van der Waals surface area contributed by atoms with Crippen LogP contribution in [0.15, 0.2) is 57.7 Å². The molecule has 0 fully saturated rings. The lowest BCUT2D eigenvalue weighted by Crippen LogP contribution is -2.46. The van der Waals surface area contributed by atoms with Gasteiger partial charge in [-0.1, -0.05) is 60.4 Å². The summed E-state index contributed by atoms with van der Waals surface area (Å²) in [4.78, 5) is 4.98. The third kappa shape index (κ3) is 5.17. The van der Waals surface area contributed by atoms with Crippen LogP contribution >= 0.6 is 23.2 Å². The van der Waals surface area contributed by atoms with Crippen LogP contribution in [0.5, 0.6) is 0 Å². The molecule has 0 saturated heterocycles. The fourth-order valence-corrected chi connectivity index (χ4v) is 3.58. The topological polar surface area (TPSA) is 33.6 Å². The lowest BCUT2D eigenvalue weighted by atomic mass is 9.86. The number of nitrogens with one attached hydrogen (secondary N) is 1. The van der Waals surface area contributed by atoms with Crippen LogP contribution < -0.4 is 5.32 Å². The van der Waals surface area contributed by atoms with E-state index in [0.717, 1.165) is 23.7 Å². The van der Waals surface area contributed by atoms with Crippen LogP contribution in [0.25, 0.3) is 0 Å². The normalized spacial score (nSPS) is 20.3. The number of nitrogens with zero attached hydrogens (tertiary/aromatic N) is 1. The van der Waals surface area contributed by atoms with Crippen molar-refractivity contribution >= 4 is 34.6 Å². The van der Waals surface area contributed by atoms with Gasteiger partial charge in [0, 0.05) is 40.4 Å². The van der Waals surface area contributed by atoms with Crippen molar-refractivity contribution in [2.24, 2.45) is 5.16 Å². The number of allylic oxidation sites excluding steroid dienone is 3. The van der Waals surface area contributed by atoms with E-state index in [1.807, 2.05) is 19.9 Å². The maximum atomic E-state index is 14.0. The molecule has 158 valence electrons. The lowest BCUT2D eigenvalue weighted by molar-refractivity contribution is -0.251. The van der Waals surface area contributed by atoms with Crippen molar-refractivity contribution in [3.63, 3.8) is 0 Å². The Hall–Kier alpha value is -1.92. The molecule has 1 N–H and O–H groups in total. The van der Waals surface area contributed by atoms with Gasteiger partial charge in [-0.2, -0.15) is 13.2 Å². The van der Waals surface area contributed by atoms with Crippen molar-refractivity contribution < 1.29 is 18.0 Å². The van der Waals surface area contributed by atoms with E-state index in [2.05, 4.69) is 17.1 Å². The van der Waals surface area contributed by atoms with E-state index >= 15 is 0 Å². The van der Waals surface area contributed by atoms with Gasteiger partial charge in [0.25, 0.3) is 5.60 Å². The highest BCUT2D eigenvalue weighted by molar-refractivity contribution is 6.34. The summed E-state index contributed by atoms with van der Waals surface area (Å²) in [5.74, 6) is 0. The first kappa shape index (κ1) is 23.4. The van der Waals surface area contributed by atoms with Gasteiger partial charge in [-0.3, -0.25) is 0 Å². The molecule has 1 aromatic carbocycles. The SMILES string of the molecule is C=C(C=C(Cl)C=C(Cl)CCC)C1(C(F)(F)F)CC(c2ccc(C)c(NC)c2)=NO1. The highest BCUT2D eigenvalue weighted by Crippen LogP contribution is 2.46. The summed E-state index contributed by atoms with van der Waals surface area (Å²) in [6.07, 6.45) is -1.34. The summed E-state index contributed by atoms with van der Waals surface area (Å²) in [5, 5.41) is 7.24. The Bertz CT molecular complexity index is 875. The molecule has 8 heteroatoms. The molecule has 1 unspecified atom stereocenters. The Morgan fingerprint density at radius 3 is 2.62 bits per heavy atom. The molecule has 0 amide bonds. The van der Waals surface area contributed by atoms with Gasteiger partial charge in [-0.25, -0.2) is 0 Å². The quantitative estimate of drug-likeness (QED) is 0.454. The van der Waals surface area contributed by atoms with Crippen molar-refractivity contribution in [3.05, 3.63) is 63.7 Å². The molecular formula is C21H23Cl2F3N2O. The van der Waals surface area contributed by atoms with Crippen molar-refractivity contribution in [1.29, 1.82) is 0 Å². The van der Waals surface area contributed by atoms with Gasteiger partial charge in [0.05, 0.1) is 5.71 Å². The third-order valence-electron chi connectivity index (χ3n) is 4.64. The molecule has 1 atom stereocenters. The number of alkyl halides is 3. The lowest BCUT2D eigenvalue weighted by Gasteiger charge is -2.29. The highest BCUT2D eigenvalue weighted by Gasteiger charge is 2.62. The molecule has 1 heterocycles. The minimum absolute atomic E-state index is 0.0435. The molecule has 1 aromatic rings. The summed E-state index contributed by atoms with van der Waals surface area (Å²) in [5.41, 5.74) is -0.533. The van der Waals surface area contributed by atoms with Gasteiger partial charge in [0.15, 0.2) is 0 Å². The van der Waals surface area contributed by atoms with Crippen LogP contribution in [-0.2, 0) is 4.84 Å². The van der Waals surface area contributed by atoms with E-state index in [-0.39, 0.29) is 16.3 Å². The van der Waals surface area contributed by atoms with Crippen LogP contribution in [-0.4, -0.2) is 24.5 Å². The van der Waals surface area contributed by atoms with E-state index < -0.39 is 18.2 Å². The fourth-order valence-electron chi connectivity index (χ4n) is 2.95. The first-order valence-electron chi connectivity index (χ1n) is 9.07. The molecule has 0 aliphatic carbocycles. The molecule has 29 heavy (non-hydrogen) atoms. The number of anilines is 1. The molecular weight excluding hydrogens is 424 g/mol. The Labute approximate surface area is 178 Å². The van der Waals surface area contributed by atoms with Gasteiger partial charge in [0.1, 0.15) is 0 Å². The minimum atomic E-state index is -4.74. The van der Waals surface area contributed by atoms with Crippen LogP contribution in [0.3, 0.4) is 0 Å². The Kier molecular flexibility index (Phi) is 7.46. The van der Waals surface area contributed by atoms with Crippen LogP contribution in [0, 0.1) is 6.92 Å². The number of hydrogen-bond donors (Lipinski definition) is 1. The number of hydrogen-bond acceptors (Lipinski definition) is 3. The standard InChI is InChI=1S/C21H23Cl2F3N2O/c1-5-6-16(22)11-17(23)9-14(3)20(21(24,25)26)12-19(28-29-20)15-8-7-13(2)18(10-15)27-4/h7-11,27H,3,5-6,12H2,1-2,4H3. The summed E-state index contributed by atoms with van der Waals surface area (Å²) < 4.78 is 42.0. The average Bonchev–Trinajstić information content (AvgIpc) is 3.09. The number of halogens is 5. The largest absolute Gasteiger partial charge is 0.435 e. The molecule has 1 aliphatic heterocycles. The fraction of sp³-hybridized carbons (Fsp3) is 0.381. The maximum absolute atomic E-state index is 14.0. The minimum Gasteiger partial charge on any atom is -0.388 e. The van der Waals surface area contributed by atoms with Gasteiger partial charge < -0.3 is 10.2 Å². The monoisotopic (exact) mass is 446 g/mol. The molecule has 0 spiro atoms. The number of aryl methyl sites for hydroxylation is 1. The summed E-state index contributed by atoms with van der Waals surface area (Å²) in [7, 11) is 1.74. The average molecular weight is 447 g/mol. The molecule has 0 saturated carbocycles. The zero-order valence-electron chi connectivity index (χ0n) is 16.5. The Morgan fingerprint density at radius 1 is 1.34 bits per heavy atom. The van der Waals surface area contributed by atoms with Gasteiger partial charge in [0.2, 0.25) is 0 Å². The first-order valence-corrected chi connectivity index (χ1v) is 9.83.